The van der Waals surface area contributed by atoms with Crippen molar-refractivity contribution < 1.29 is 29.9 Å². The van der Waals surface area contributed by atoms with Crippen LogP contribution in [-0.4, -0.2) is 83.8 Å². The Morgan fingerprint density at radius 1 is 0.422 bits per heavy atom. The Morgan fingerprint density at radius 2 is 0.733 bits per heavy atom. The van der Waals surface area contributed by atoms with Crippen LogP contribution in [0.4, 0.5) is 0 Å². The van der Waals surface area contributed by atoms with Crippen LogP contribution in [0, 0.1) is 11.8 Å². The molecule has 0 heterocycles. The normalized spacial score (nSPS) is 14.5. The lowest BCUT2D eigenvalue weighted by Crippen LogP contribution is -2.22. The van der Waals surface area contributed by atoms with Gasteiger partial charge in [-0.2, -0.15) is 11.8 Å². The summed E-state index contributed by atoms with van der Waals surface area (Å²) in [5.74, 6) is 2.22. The Balaban J connectivity index is 3.91. The van der Waals surface area contributed by atoms with Crippen LogP contribution in [0.15, 0.2) is 0 Å². The molecule has 4 N–H and O–H groups in total. The maximum atomic E-state index is 10.3. The van der Waals surface area contributed by atoms with E-state index in [1.807, 2.05) is 11.8 Å². The summed E-state index contributed by atoms with van der Waals surface area (Å²) in [6.45, 7) is 6.62. The van der Waals surface area contributed by atoms with Gasteiger partial charge < -0.3 is 29.9 Å². The van der Waals surface area contributed by atoms with E-state index in [4.69, 9.17) is 9.47 Å². The monoisotopic (exact) mass is 663 g/mol. The van der Waals surface area contributed by atoms with Crippen LogP contribution in [-0.2, 0) is 9.47 Å². The van der Waals surface area contributed by atoms with E-state index in [9.17, 15) is 20.4 Å². The quantitative estimate of drug-likeness (QED) is 0.0490. The van der Waals surface area contributed by atoms with E-state index >= 15 is 0 Å². The van der Waals surface area contributed by atoms with Crippen molar-refractivity contribution in [3.63, 3.8) is 0 Å². The Morgan fingerprint density at radius 3 is 1.04 bits per heavy atom. The fraction of sp³-hybridized carbons (Fsp3) is 1.00. The molecule has 45 heavy (non-hydrogen) atoms. The molecule has 0 aliphatic heterocycles. The van der Waals surface area contributed by atoms with Gasteiger partial charge >= 0.3 is 0 Å². The van der Waals surface area contributed by atoms with Crippen molar-refractivity contribution in [1.82, 2.24) is 0 Å². The van der Waals surface area contributed by atoms with Crippen LogP contribution >= 0.6 is 11.8 Å². The van der Waals surface area contributed by atoms with E-state index in [1.54, 1.807) is 0 Å². The SMILES string of the molecule is CCCCCCCCCCCCC(O)COCC(CCO)CSCC(CCO)COCC(O)CCCCCCCCCCCC. The van der Waals surface area contributed by atoms with Crippen molar-refractivity contribution in [1.29, 1.82) is 0 Å². The van der Waals surface area contributed by atoms with Gasteiger partial charge in [-0.05, 0) is 49.0 Å². The molecule has 0 saturated heterocycles. The van der Waals surface area contributed by atoms with Gasteiger partial charge in [0, 0.05) is 13.2 Å². The molecule has 0 spiro atoms. The van der Waals surface area contributed by atoms with Crippen molar-refractivity contribution in [2.45, 2.75) is 180 Å². The number of unbranched alkanes of at least 4 members (excludes halogenated alkanes) is 18. The zero-order chi connectivity index (χ0) is 33.1. The van der Waals surface area contributed by atoms with Crippen LogP contribution in [0.2, 0.25) is 0 Å². The number of rotatable bonds is 38. The Bertz CT molecular complexity index is 508. The Hall–Kier alpha value is 0.110. The second-order valence-corrected chi connectivity index (χ2v) is 14.7. The fourth-order valence-corrected chi connectivity index (χ4v) is 7.17. The standard InChI is InChI=1S/C38H78O6S/c1-3-5-7-9-11-13-15-17-19-21-23-37(41)31-43-29-35(25-27-39)33-45-34-36(26-28-40)30-44-32-38(42)24-22-20-18-16-14-12-10-8-6-4-2/h35-42H,3-34H2,1-2H3. The molecular formula is C38H78O6S. The molecule has 0 bridgehead atoms. The summed E-state index contributed by atoms with van der Waals surface area (Å²) in [4.78, 5) is 0. The highest BCUT2D eigenvalue weighted by atomic mass is 32.2. The zero-order valence-electron chi connectivity index (χ0n) is 30.0. The van der Waals surface area contributed by atoms with Crippen molar-refractivity contribution in [3.05, 3.63) is 0 Å². The summed E-state index contributed by atoms with van der Waals surface area (Å²) in [7, 11) is 0. The molecule has 0 amide bonds. The molecule has 0 aliphatic rings. The summed E-state index contributed by atoms with van der Waals surface area (Å²) in [5.41, 5.74) is 0. The van der Waals surface area contributed by atoms with E-state index in [0.29, 0.717) is 39.3 Å². The molecule has 0 aromatic carbocycles. The van der Waals surface area contributed by atoms with Gasteiger partial charge in [-0.3, -0.25) is 0 Å². The number of hydrogen-bond donors (Lipinski definition) is 4. The molecule has 4 unspecified atom stereocenters. The summed E-state index contributed by atoms with van der Waals surface area (Å²) in [6.07, 6.45) is 28.1. The Kier molecular flexibility index (Phi) is 37.0. The molecule has 0 aliphatic carbocycles. The second kappa shape index (κ2) is 36.9. The molecule has 0 rings (SSSR count). The first-order valence-electron chi connectivity index (χ1n) is 19.4. The average molecular weight is 663 g/mol. The zero-order valence-corrected chi connectivity index (χ0v) is 30.8. The molecule has 4 atom stereocenters. The maximum absolute atomic E-state index is 10.3. The smallest absolute Gasteiger partial charge is 0.0773 e. The lowest BCUT2D eigenvalue weighted by Gasteiger charge is -2.20. The largest absolute Gasteiger partial charge is 0.396 e. The third-order valence-electron chi connectivity index (χ3n) is 8.89. The lowest BCUT2D eigenvalue weighted by atomic mass is 10.0. The molecule has 272 valence electrons. The Labute approximate surface area is 284 Å². The van der Waals surface area contributed by atoms with Gasteiger partial charge in [-0.1, -0.05) is 142 Å². The second-order valence-electron chi connectivity index (χ2n) is 13.6. The molecule has 6 nitrogen and oxygen atoms in total. The van der Waals surface area contributed by atoms with Crippen LogP contribution in [0.25, 0.3) is 0 Å². The number of aliphatic hydroxyl groups excluding tert-OH is 4. The third-order valence-corrected chi connectivity index (χ3v) is 10.3. The predicted octanol–water partition coefficient (Wildman–Crippen LogP) is 9.09. The van der Waals surface area contributed by atoms with E-state index < -0.39 is 12.2 Å². The van der Waals surface area contributed by atoms with Crippen molar-refractivity contribution >= 4 is 11.8 Å². The molecule has 7 heteroatoms. The molecular weight excluding hydrogens is 584 g/mol. The molecule has 0 saturated carbocycles. The average Bonchev–Trinajstić information content (AvgIpc) is 3.02. The number of hydrogen-bond acceptors (Lipinski definition) is 7. The highest BCUT2D eigenvalue weighted by Crippen LogP contribution is 2.19. The first-order valence-corrected chi connectivity index (χ1v) is 20.5. The van der Waals surface area contributed by atoms with Gasteiger partial charge in [-0.25, -0.2) is 0 Å². The topological polar surface area (TPSA) is 99.4 Å². The first-order chi connectivity index (χ1) is 22.1. The van der Waals surface area contributed by atoms with Crippen molar-refractivity contribution in [2.75, 3.05) is 51.1 Å². The van der Waals surface area contributed by atoms with Crippen LogP contribution in [0.1, 0.15) is 168 Å². The summed E-state index contributed by atoms with van der Waals surface area (Å²) in [5, 5.41) is 39.7. The maximum Gasteiger partial charge on any atom is 0.0773 e. The highest BCUT2D eigenvalue weighted by Gasteiger charge is 2.15. The lowest BCUT2D eigenvalue weighted by molar-refractivity contribution is 0.0157. The van der Waals surface area contributed by atoms with Gasteiger partial charge in [0.2, 0.25) is 0 Å². The van der Waals surface area contributed by atoms with Gasteiger partial charge in [0.1, 0.15) is 0 Å². The first kappa shape index (κ1) is 45.1. The molecule has 0 aromatic rings. The fourth-order valence-electron chi connectivity index (χ4n) is 5.84. The highest BCUT2D eigenvalue weighted by molar-refractivity contribution is 7.99. The van der Waals surface area contributed by atoms with Crippen LogP contribution < -0.4 is 0 Å². The predicted molar refractivity (Wildman–Crippen MR) is 194 cm³/mol. The van der Waals surface area contributed by atoms with Crippen LogP contribution in [0.5, 0.6) is 0 Å². The van der Waals surface area contributed by atoms with Gasteiger partial charge in [0.25, 0.3) is 0 Å². The summed E-state index contributed by atoms with van der Waals surface area (Å²) < 4.78 is 11.7. The van der Waals surface area contributed by atoms with E-state index in [0.717, 1.165) is 37.2 Å². The van der Waals surface area contributed by atoms with Crippen molar-refractivity contribution in [2.24, 2.45) is 11.8 Å². The minimum Gasteiger partial charge on any atom is -0.396 e. The van der Waals surface area contributed by atoms with Gasteiger partial charge in [-0.15, -0.1) is 0 Å². The molecule has 0 fully saturated rings. The van der Waals surface area contributed by atoms with E-state index in [1.165, 1.54) is 116 Å². The van der Waals surface area contributed by atoms with Gasteiger partial charge in [0.05, 0.1) is 38.6 Å². The van der Waals surface area contributed by atoms with E-state index in [-0.39, 0.29) is 25.0 Å². The summed E-state index contributed by atoms with van der Waals surface area (Å²) in [6, 6.07) is 0. The minimum absolute atomic E-state index is 0.135. The number of aliphatic hydroxyl groups is 4. The summed E-state index contributed by atoms with van der Waals surface area (Å²) >= 11 is 1.82. The number of thioether (sulfide) groups is 1. The minimum atomic E-state index is -0.409. The van der Waals surface area contributed by atoms with Crippen LogP contribution in [0.3, 0.4) is 0 Å². The van der Waals surface area contributed by atoms with E-state index in [2.05, 4.69) is 13.8 Å². The molecule has 0 radical (unpaired) electrons. The number of ether oxygens (including phenoxy) is 2. The molecule has 0 aromatic heterocycles. The van der Waals surface area contributed by atoms with Gasteiger partial charge in [0.15, 0.2) is 0 Å². The van der Waals surface area contributed by atoms with Crippen molar-refractivity contribution in [3.8, 4) is 0 Å². The third kappa shape index (κ3) is 33.8.